The minimum atomic E-state index is -0.316. The number of Topliss-reactive ketones (excluding diaryl/α,β-unsaturated/α-hetero) is 1. The van der Waals surface area contributed by atoms with Gasteiger partial charge in [0.1, 0.15) is 5.78 Å². The zero-order chi connectivity index (χ0) is 10.8. The van der Waals surface area contributed by atoms with E-state index in [9.17, 15) is 9.59 Å². The van der Waals surface area contributed by atoms with Crippen LogP contribution >= 0.6 is 0 Å². The number of ketones is 1. The molecule has 4 heteroatoms. The van der Waals surface area contributed by atoms with Gasteiger partial charge in [0.05, 0.1) is 13.0 Å². The molecular formula is C10H18O4. The van der Waals surface area contributed by atoms with Gasteiger partial charge in [-0.3, -0.25) is 4.79 Å². The molecule has 0 aromatic carbocycles. The van der Waals surface area contributed by atoms with Crippen LogP contribution in [0.2, 0.25) is 0 Å². The van der Waals surface area contributed by atoms with Crippen LogP contribution in [-0.4, -0.2) is 30.1 Å². The SMILES string of the molecule is CC(=O)CCC(=O)OCCCCCO. The molecule has 0 aromatic rings. The fraction of sp³-hybridized carbons (Fsp3) is 0.800. The predicted octanol–water partition coefficient (Wildman–Crippen LogP) is 1.06. The molecule has 0 aliphatic heterocycles. The second-order valence-electron chi connectivity index (χ2n) is 3.21. The zero-order valence-corrected chi connectivity index (χ0v) is 8.62. The molecule has 0 fully saturated rings. The van der Waals surface area contributed by atoms with E-state index in [0.717, 1.165) is 19.3 Å². The maximum absolute atomic E-state index is 11.0. The van der Waals surface area contributed by atoms with Crippen molar-refractivity contribution < 1.29 is 19.4 Å². The van der Waals surface area contributed by atoms with Gasteiger partial charge in [0.15, 0.2) is 0 Å². The van der Waals surface area contributed by atoms with Gasteiger partial charge in [0, 0.05) is 13.0 Å². The van der Waals surface area contributed by atoms with Crippen LogP contribution < -0.4 is 0 Å². The highest BCUT2D eigenvalue weighted by Gasteiger charge is 2.03. The Bertz CT molecular complexity index is 177. The average Bonchev–Trinajstić information content (AvgIpc) is 2.14. The summed E-state index contributed by atoms with van der Waals surface area (Å²) < 4.78 is 4.87. The Kier molecular flexibility index (Phi) is 8.13. The third kappa shape index (κ3) is 9.19. The molecule has 0 aromatic heterocycles. The van der Waals surface area contributed by atoms with E-state index in [2.05, 4.69) is 0 Å². The molecule has 0 radical (unpaired) electrons. The first-order chi connectivity index (χ1) is 6.66. The van der Waals surface area contributed by atoms with Crippen molar-refractivity contribution in [2.24, 2.45) is 0 Å². The maximum atomic E-state index is 11.0. The summed E-state index contributed by atoms with van der Waals surface area (Å²) in [6.07, 6.45) is 2.80. The van der Waals surface area contributed by atoms with Crippen molar-refractivity contribution in [2.75, 3.05) is 13.2 Å². The van der Waals surface area contributed by atoms with E-state index in [1.807, 2.05) is 0 Å². The number of carbonyl (C=O) groups is 2. The molecule has 0 saturated heterocycles. The van der Waals surface area contributed by atoms with Gasteiger partial charge in [0.2, 0.25) is 0 Å². The number of hydrogen-bond donors (Lipinski definition) is 1. The van der Waals surface area contributed by atoms with Gasteiger partial charge in [-0.15, -0.1) is 0 Å². The van der Waals surface area contributed by atoms with Gasteiger partial charge >= 0.3 is 5.97 Å². The second-order valence-corrected chi connectivity index (χ2v) is 3.21. The topological polar surface area (TPSA) is 63.6 Å². The molecule has 4 nitrogen and oxygen atoms in total. The van der Waals surface area contributed by atoms with Crippen molar-refractivity contribution in [3.8, 4) is 0 Å². The molecule has 1 N–H and O–H groups in total. The molecule has 0 heterocycles. The van der Waals surface area contributed by atoms with Crippen LogP contribution in [0.1, 0.15) is 39.0 Å². The average molecular weight is 202 g/mol. The van der Waals surface area contributed by atoms with Crippen LogP contribution in [0.5, 0.6) is 0 Å². The third-order valence-corrected chi connectivity index (χ3v) is 1.75. The summed E-state index contributed by atoms with van der Waals surface area (Å²) in [5, 5.41) is 8.47. The molecule has 0 aliphatic carbocycles. The summed E-state index contributed by atoms with van der Waals surface area (Å²) >= 11 is 0. The number of esters is 1. The predicted molar refractivity (Wildman–Crippen MR) is 51.8 cm³/mol. The lowest BCUT2D eigenvalue weighted by atomic mass is 10.2. The molecule has 14 heavy (non-hydrogen) atoms. The Hall–Kier alpha value is -0.900. The lowest BCUT2D eigenvalue weighted by molar-refractivity contribution is -0.144. The van der Waals surface area contributed by atoms with E-state index in [1.54, 1.807) is 0 Å². The Morgan fingerprint density at radius 1 is 1.14 bits per heavy atom. The minimum Gasteiger partial charge on any atom is -0.466 e. The van der Waals surface area contributed by atoms with Crippen LogP contribution in [0.15, 0.2) is 0 Å². The standard InChI is InChI=1S/C10H18O4/c1-9(12)5-6-10(13)14-8-4-2-3-7-11/h11H,2-8H2,1H3. The highest BCUT2D eigenvalue weighted by molar-refractivity contribution is 5.80. The van der Waals surface area contributed by atoms with Gasteiger partial charge in [0.25, 0.3) is 0 Å². The van der Waals surface area contributed by atoms with Gasteiger partial charge in [-0.1, -0.05) is 0 Å². The first-order valence-electron chi connectivity index (χ1n) is 4.92. The number of rotatable bonds is 8. The molecule has 0 aliphatic rings. The largest absolute Gasteiger partial charge is 0.466 e. The smallest absolute Gasteiger partial charge is 0.306 e. The summed E-state index contributed by atoms with van der Waals surface area (Å²) in [4.78, 5) is 21.5. The minimum absolute atomic E-state index is 0.00207. The van der Waals surface area contributed by atoms with Crippen molar-refractivity contribution in [3.63, 3.8) is 0 Å². The lowest BCUT2D eigenvalue weighted by Crippen LogP contribution is -2.07. The molecule has 0 bridgehead atoms. The van der Waals surface area contributed by atoms with Crippen molar-refractivity contribution in [1.29, 1.82) is 0 Å². The van der Waals surface area contributed by atoms with E-state index in [-0.39, 0.29) is 31.2 Å². The summed E-state index contributed by atoms with van der Waals surface area (Å²) in [6.45, 7) is 2.02. The van der Waals surface area contributed by atoms with E-state index in [0.29, 0.717) is 6.61 Å². The van der Waals surface area contributed by atoms with Crippen molar-refractivity contribution >= 4 is 11.8 Å². The number of hydrogen-bond acceptors (Lipinski definition) is 4. The van der Waals surface area contributed by atoms with Gasteiger partial charge < -0.3 is 14.6 Å². The Balaban J connectivity index is 3.22. The Morgan fingerprint density at radius 2 is 1.86 bits per heavy atom. The normalized spacial score (nSPS) is 9.86. The Morgan fingerprint density at radius 3 is 2.43 bits per heavy atom. The molecule has 0 saturated carbocycles. The highest BCUT2D eigenvalue weighted by atomic mass is 16.5. The quantitative estimate of drug-likeness (QED) is 0.472. The highest BCUT2D eigenvalue weighted by Crippen LogP contribution is 1.98. The molecule has 0 unspecified atom stereocenters. The zero-order valence-electron chi connectivity index (χ0n) is 8.62. The third-order valence-electron chi connectivity index (χ3n) is 1.75. The summed E-state index contributed by atoms with van der Waals surface area (Å²) in [7, 11) is 0. The fourth-order valence-corrected chi connectivity index (χ4v) is 0.927. The lowest BCUT2D eigenvalue weighted by Gasteiger charge is -2.03. The number of carbonyl (C=O) groups excluding carboxylic acids is 2. The van der Waals surface area contributed by atoms with E-state index < -0.39 is 0 Å². The first kappa shape index (κ1) is 13.1. The van der Waals surface area contributed by atoms with Crippen LogP contribution in [0, 0.1) is 0 Å². The number of ether oxygens (including phenoxy) is 1. The monoisotopic (exact) mass is 202 g/mol. The van der Waals surface area contributed by atoms with E-state index >= 15 is 0 Å². The molecule has 82 valence electrons. The molecule has 0 atom stereocenters. The van der Waals surface area contributed by atoms with Gasteiger partial charge in [-0.05, 0) is 26.2 Å². The number of unbranched alkanes of at least 4 members (excludes halogenated alkanes) is 2. The molecule has 0 amide bonds. The summed E-state index contributed by atoms with van der Waals surface area (Å²) in [5.41, 5.74) is 0. The number of aliphatic hydroxyl groups excluding tert-OH is 1. The van der Waals surface area contributed by atoms with Crippen molar-refractivity contribution in [3.05, 3.63) is 0 Å². The van der Waals surface area contributed by atoms with Crippen LogP contribution in [0.25, 0.3) is 0 Å². The maximum Gasteiger partial charge on any atom is 0.306 e. The summed E-state index contributed by atoms with van der Waals surface area (Å²) in [6, 6.07) is 0. The van der Waals surface area contributed by atoms with Crippen molar-refractivity contribution in [2.45, 2.75) is 39.0 Å². The van der Waals surface area contributed by atoms with E-state index in [4.69, 9.17) is 9.84 Å². The van der Waals surface area contributed by atoms with Crippen molar-refractivity contribution in [1.82, 2.24) is 0 Å². The van der Waals surface area contributed by atoms with E-state index in [1.165, 1.54) is 6.92 Å². The molecular weight excluding hydrogens is 184 g/mol. The molecule has 0 spiro atoms. The van der Waals surface area contributed by atoms with Crippen LogP contribution in [-0.2, 0) is 14.3 Å². The van der Waals surface area contributed by atoms with Gasteiger partial charge in [-0.25, -0.2) is 0 Å². The molecule has 0 rings (SSSR count). The fourth-order valence-electron chi connectivity index (χ4n) is 0.927. The van der Waals surface area contributed by atoms with Gasteiger partial charge in [-0.2, -0.15) is 0 Å². The number of aliphatic hydroxyl groups is 1. The second kappa shape index (κ2) is 8.69. The van der Waals surface area contributed by atoms with Crippen LogP contribution in [0.4, 0.5) is 0 Å². The summed E-state index contributed by atoms with van der Waals surface area (Å²) in [5.74, 6) is -0.313. The van der Waals surface area contributed by atoms with Crippen LogP contribution in [0.3, 0.4) is 0 Å². The Labute approximate surface area is 84.3 Å². The first-order valence-corrected chi connectivity index (χ1v) is 4.92.